The number of carbonyl (C=O) groups is 1. The maximum atomic E-state index is 13.3. The van der Waals surface area contributed by atoms with Crippen LogP contribution in [0.2, 0.25) is 0 Å². The predicted octanol–water partition coefficient (Wildman–Crippen LogP) is 3.34. The summed E-state index contributed by atoms with van der Waals surface area (Å²) in [6.45, 7) is 5.24. The Morgan fingerprint density at radius 3 is 2.18 bits per heavy atom. The highest BCUT2D eigenvalue weighted by Gasteiger charge is 2.26. The first-order valence-corrected chi connectivity index (χ1v) is 14.6. The average molecular weight is 594 g/mol. The van der Waals surface area contributed by atoms with E-state index in [9.17, 15) is 14.4 Å². The second-order valence-electron chi connectivity index (χ2n) is 11.1. The molecule has 1 aliphatic rings. The summed E-state index contributed by atoms with van der Waals surface area (Å²) < 4.78 is 10.3. The van der Waals surface area contributed by atoms with Crippen molar-refractivity contribution in [1.29, 1.82) is 0 Å². The standard InChI is InChI=1S/C33H35N7O4/c1-23-9-11-24(12-10-23)21-40-29-30(36(2)33(43)37(3)31(29)42)35-32(40)39-19-17-38(18-20-39)22-28(41)34-25-13-15-27(16-14-25)44-26-7-5-4-6-8-26/h4-16H,17-22H2,1-3H3,(H,34,41). The van der Waals surface area contributed by atoms with Crippen LogP contribution in [-0.4, -0.2) is 62.2 Å². The van der Waals surface area contributed by atoms with Crippen molar-refractivity contribution < 1.29 is 9.53 Å². The molecule has 11 nitrogen and oxygen atoms in total. The Bertz CT molecular complexity index is 1900. The fraction of sp³-hybridized carbons (Fsp3) is 0.273. The van der Waals surface area contributed by atoms with Gasteiger partial charge >= 0.3 is 5.69 Å². The molecule has 1 fully saturated rings. The fourth-order valence-electron chi connectivity index (χ4n) is 5.44. The lowest BCUT2D eigenvalue weighted by molar-refractivity contribution is -0.117. The van der Waals surface area contributed by atoms with Gasteiger partial charge in [0.25, 0.3) is 5.56 Å². The summed E-state index contributed by atoms with van der Waals surface area (Å²) in [5, 5.41) is 2.97. The third-order valence-corrected chi connectivity index (χ3v) is 7.93. The van der Waals surface area contributed by atoms with Crippen molar-refractivity contribution in [2.75, 3.05) is 42.9 Å². The third kappa shape index (κ3) is 6.00. The molecule has 11 heteroatoms. The quantitative estimate of drug-likeness (QED) is 0.294. The van der Waals surface area contributed by atoms with Crippen LogP contribution in [0.3, 0.4) is 0 Å². The summed E-state index contributed by atoms with van der Waals surface area (Å²) in [5.74, 6) is 1.98. The number of aryl methyl sites for hydroxylation is 2. The van der Waals surface area contributed by atoms with E-state index in [0.717, 1.165) is 21.4 Å². The van der Waals surface area contributed by atoms with Gasteiger partial charge in [0.05, 0.1) is 13.1 Å². The third-order valence-electron chi connectivity index (χ3n) is 7.93. The zero-order chi connectivity index (χ0) is 30.8. The summed E-state index contributed by atoms with van der Waals surface area (Å²) in [4.78, 5) is 47.9. The molecule has 44 heavy (non-hydrogen) atoms. The number of hydrogen-bond acceptors (Lipinski definition) is 7. The van der Waals surface area contributed by atoms with Gasteiger partial charge in [-0.05, 0) is 48.9 Å². The van der Waals surface area contributed by atoms with Gasteiger partial charge in [-0.25, -0.2) is 4.79 Å². The summed E-state index contributed by atoms with van der Waals surface area (Å²) in [6, 6.07) is 25.0. The van der Waals surface area contributed by atoms with Crippen molar-refractivity contribution in [3.63, 3.8) is 0 Å². The van der Waals surface area contributed by atoms with Crippen LogP contribution in [0.25, 0.3) is 11.2 Å². The number of hydrogen-bond donors (Lipinski definition) is 1. The van der Waals surface area contributed by atoms with Gasteiger partial charge in [0.1, 0.15) is 11.5 Å². The summed E-state index contributed by atoms with van der Waals surface area (Å²) in [5.41, 5.74) is 2.85. The highest BCUT2D eigenvalue weighted by Crippen LogP contribution is 2.24. The minimum atomic E-state index is -0.414. The van der Waals surface area contributed by atoms with Gasteiger partial charge in [0.15, 0.2) is 11.2 Å². The van der Waals surface area contributed by atoms with Crippen LogP contribution >= 0.6 is 0 Å². The number of aromatic nitrogens is 4. The Kier molecular flexibility index (Phi) is 8.03. The van der Waals surface area contributed by atoms with Crippen molar-refractivity contribution in [2.45, 2.75) is 13.5 Å². The zero-order valence-electron chi connectivity index (χ0n) is 25.1. The molecule has 0 aliphatic carbocycles. The molecular formula is C33H35N7O4. The van der Waals surface area contributed by atoms with Gasteiger partial charge in [0.2, 0.25) is 11.9 Å². The van der Waals surface area contributed by atoms with Crippen molar-refractivity contribution in [2.24, 2.45) is 14.1 Å². The van der Waals surface area contributed by atoms with Crippen molar-refractivity contribution in [3.05, 3.63) is 111 Å². The molecule has 0 atom stereocenters. The van der Waals surface area contributed by atoms with E-state index in [1.165, 1.54) is 11.6 Å². The van der Waals surface area contributed by atoms with Crippen LogP contribution < -0.4 is 26.2 Å². The second-order valence-corrected chi connectivity index (χ2v) is 11.1. The Hall–Kier alpha value is -5.16. The number of rotatable bonds is 8. The van der Waals surface area contributed by atoms with Crippen LogP contribution in [0.1, 0.15) is 11.1 Å². The molecule has 1 N–H and O–H groups in total. The first kappa shape index (κ1) is 28.9. The molecule has 3 aromatic carbocycles. The number of anilines is 2. The van der Waals surface area contributed by atoms with E-state index in [1.54, 1.807) is 7.05 Å². The molecular weight excluding hydrogens is 558 g/mol. The van der Waals surface area contributed by atoms with Crippen LogP contribution in [0.5, 0.6) is 11.5 Å². The van der Waals surface area contributed by atoms with E-state index >= 15 is 0 Å². The van der Waals surface area contributed by atoms with E-state index < -0.39 is 5.69 Å². The van der Waals surface area contributed by atoms with E-state index in [4.69, 9.17) is 9.72 Å². The molecule has 226 valence electrons. The lowest BCUT2D eigenvalue weighted by Crippen LogP contribution is -2.49. The predicted molar refractivity (Wildman–Crippen MR) is 171 cm³/mol. The average Bonchev–Trinajstić information content (AvgIpc) is 3.41. The molecule has 0 spiro atoms. The number of benzene rings is 3. The molecule has 5 aromatic rings. The highest BCUT2D eigenvalue weighted by molar-refractivity contribution is 5.92. The fourth-order valence-corrected chi connectivity index (χ4v) is 5.44. The summed E-state index contributed by atoms with van der Waals surface area (Å²) >= 11 is 0. The largest absolute Gasteiger partial charge is 0.457 e. The molecule has 0 unspecified atom stereocenters. The minimum absolute atomic E-state index is 0.0970. The molecule has 1 aliphatic heterocycles. The lowest BCUT2D eigenvalue weighted by Gasteiger charge is -2.35. The molecule has 0 radical (unpaired) electrons. The molecule has 0 bridgehead atoms. The number of amides is 1. The van der Waals surface area contributed by atoms with E-state index in [-0.39, 0.29) is 18.0 Å². The number of para-hydroxylation sites is 1. The van der Waals surface area contributed by atoms with Gasteiger partial charge in [-0.2, -0.15) is 4.98 Å². The number of ether oxygens (including phenoxy) is 1. The topological polar surface area (TPSA) is 107 Å². The molecule has 2 aromatic heterocycles. The number of nitrogens with one attached hydrogen (secondary N) is 1. The lowest BCUT2D eigenvalue weighted by atomic mass is 10.1. The normalized spacial score (nSPS) is 13.8. The van der Waals surface area contributed by atoms with E-state index in [0.29, 0.717) is 61.3 Å². The maximum absolute atomic E-state index is 13.3. The first-order valence-electron chi connectivity index (χ1n) is 14.6. The number of fused-ring (bicyclic) bond motifs is 1. The van der Waals surface area contributed by atoms with Gasteiger partial charge in [-0.1, -0.05) is 48.0 Å². The number of piperazine rings is 1. The Morgan fingerprint density at radius 1 is 0.841 bits per heavy atom. The molecule has 0 saturated carbocycles. The van der Waals surface area contributed by atoms with Gasteiger partial charge in [-0.15, -0.1) is 0 Å². The summed E-state index contributed by atoms with van der Waals surface area (Å²) in [6.07, 6.45) is 0. The molecule has 3 heterocycles. The second kappa shape index (κ2) is 12.2. The van der Waals surface area contributed by atoms with Crippen molar-refractivity contribution >= 4 is 28.7 Å². The molecule has 6 rings (SSSR count). The minimum Gasteiger partial charge on any atom is -0.457 e. The van der Waals surface area contributed by atoms with Gasteiger partial charge in [-0.3, -0.25) is 28.2 Å². The number of imidazole rings is 1. The summed E-state index contributed by atoms with van der Waals surface area (Å²) in [7, 11) is 3.13. The van der Waals surface area contributed by atoms with Crippen molar-refractivity contribution in [3.8, 4) is 11.5 Å². The Balaban J connectivity index is 1.13. The smallest absolute Gasteiger partial charge is 0.332 e. The SMILES string of the molecule is Cc1ccc(Cn2c(N3CCN(CC(=O)Nc4ccc(Oc5ccccc5)cc4)CC3)nc3c2c(=O)n(C)c(=O)n3C)cc1. The molecule has 1 amide bonds. The molecule has 1 saturated heterocycles. The number of carbonyl (C=O) groups excluding carboxylic acids is 1. The van der Waals surface area contributed by atoms with Crippen LogP contribution in [0, 0.1) is 6.92 Å². The van der Waals surface area contributed by atoms with Gasteiger partial charge in [0, 0.05) is 46.0 Å². The van der Waals surface area contributed by atoms with E-state index in [2.05, 4.69) is 15.1 Å². The van der Waals surface area contributed by atoms with Crippen LogP contribution in [-0.2, 0) is 25.4 Å². The number of nitrogens with zero attached hydrogens (tertiary/aromatic N) is 6. The van der Waals surface area contributed by atoms with Crippen molar-refractivity contribution in [1.82, 2.24) is 23.6 Å². The monoisotopic (exact) mass is 593 g/mol. The van der Waals surface area contributed by atoms with Gasteiger partial charge < -0.3 is 15.0 Å². The van der Waals surface area contributed by atoms with Crippen LogP contribution in [0.15, 0.2) is 88.5 Å². The maximum Gasteiger partial charge on any atom is 0.332 e. The van der Waals surface area contributed by atoms with Crippen LogP contribution in [0.4, 0.5) is 11.6 Å². The Labute approximate surface area is 254 Å². The highest BCUT2D eigenvalue weighted by atomic mass is 16.5. The zero-order valence-corrected chi connectivity index (χ0v) is 25.1. The van der Waals surface area contributed by atoms with E-state index in [1.807, 2.05) is 90.4 Å². The first-order chi connectivity index (χ1) is 21.3. The Morgan fingerprint density at radius 2 is 1.50 bits per heavy atom.